The maximum atomic E-state index is 14.8. The molecule has 71 heavy (non-hydrogen) atoms. The maximum absolute atomic E-state index is 14.8. The van der Waals surface area contributed by atoms with E-state index >= 15 is 0 Å². The average Bonchev–Trinajstić information content (AvgIpc) is 3.34. The molecule has 3 fully saturated rings. The van der Waals surface area contributed by atoms with Gasteiger partial charge < -0.3 is 63.0 Å². The van der Waals surface area contributed by atoms with Crippen LogP contribution < -0.4 is 0 Å². The summed E-state index contributed by atoms with van der Waals surface area (Å²) in [5, 5.41) is 38.3. The lowest BCUT2D eigenvalue weighted by molar-refractivity contribution is -0.319. The number of methoxy groups -OCH3 is 1. The number of oxime groups is 1. The summed E-state index contributed by atoms with van der Waals surface area (Å²) < 4.78 is 59.1. The van der Waals surface area contributed by atoms with Crippen LogP contribution in [-0.4, -0.2) is 156 Å². The number of carbonyl (C=O) groups is 3. The summed E-state index contributed by atoms with van der Waals surface area (Å²) in [6.45, 7) is 21.3. The molecule has 18 atom stereocenters. The second-order valence-electron chi connectivity index (χ2n) is 20.6. The number of carbonyl (C=O) groups excluding carboxylic acids is 3. The number of aliphatic hydroxyl groups is 2. The zero-order chi connectivity index (χ0) is 52.6. The topological polar surface area (TPSA) is 211 Å². The van der Waals surface area contributed by atoms with Crippen molar-refractivity contribution in [1.82, 2.24) is 4.90 Å². The molecule has 0 saturated carbocycles. The van der Waals surface area contributed by atoms with Crippen molar-refractivity contribution in [2.24, 2.45) is 28.8 Å². The van der Waals surface area contributed by atoms with E-state index in [4.69, 9.17) is 42.6 Å². The van der Waals surface area contributed by atoms with Crippen LogP contribution in [-0.2, 0) is 47.4 Å². The molecule has 17 nitrogen and oxygen atoms in total. The molecule has 0 amide bonds. The van der Waals surface area contributed by atoms with Crippen LogP contribution in [0.5, 0.6) is 0 Å². The second-order valence-corrected chi connectivity index (χ2v) is 20.6. The van der Waals surface area contributed by atoms with Crippen molar-refractivity contribution < 1.29 is 72.4 Å². The molecule has 0 spiro atoms. The standard InChI is InChI=1S/C54H80N2O15/c1-15-27-64-53(10)29-31(3)42(55-62)33(5)45(57)54(11,61)40(16-2)67-48(58)35(7)43(68-41-30-52(9,63-14)47(36(8)66-41)70-50(60)38-25-21-18-22-26-38)34(6)46(53)71-51-44(39(56(12)13)28-32(4)65-51)69-49(59)37-23-19-17-20-24-37/h15,17-26,31-36,39-41,43-47,51,57,61-62H,1,16,27-30H2,2-14H3/b55-42+/t31-,32-,33+,34+,35-,36+,39+,40-,41+,43+,44-,45-,46-,47+,51+,52-,53-,54-/m1/s1. The molecule has 5 rings (SSSR count). The molecule has 2 aromatic rings. The van der Waals surface area contributed by atoms with Gasteiger partial charge in [-0.15, -0.1) is 6.58 Å². The minimum absolute atomic E-state index is 0.0167. The van der Waals surface area contributed by atoms with Gasteiger partial charge in [0.2, 0.25) is 0 Å². The highest BCUT2D eigenvalue weighted by Gasteiger charge is 2.55. The van der Waals surface area contributed by atoms with Gasteiger partial charge in [-0.2, -0.15) is 0 Å². The van der Waals surface area contributed by atoms with E-state index in [0.717, 1.165) is 0 Å². The first-order chi connectivity index (χ1) is 33.5. The van der Waals surface area contributed by atoms with Gasteiger partial charge in [0.15, 0.2) is 24.8 Å². The number of nitrogens with zero attached hydrogens (tertiary/aromatic N) is 2. The minimum atomic E-state index is -2.02. The van der Waals surface area contributed by atoms with Crippen LogP contribution in [0, 0.1) is 23.7 Å². The van der Waals surface area contributed by atoms with E-state index in [9.17, 15) is 29.8 Å². The molecule has 3 aliphatic heterocycles. The molecule has 0 radical (unpaired) electrons. The molecule has 0 bridgehead atoms. The molecular formula is C54H80N2O15. The number of hydrogen-bond acceptors (Lipinski definition) is 17. The monoisotopic (exact) mass is 997 g/mol. The first kappa shape index (κ1) is 57.6. The van der Waals surface area contributed by atoms with Gasteiger partial charge in [0.05, 0.1) is 71.5 Å². The predicted octanol–water partition coefficient (Wildman–Crippen LogP) is 6.99. The van der Waals surface area contributed by atoms with E-state index in [1.54, 1.807) is 101 Å². The summed E-state index contributed by atoms with van der Waals surface area (Å²) in [6.07, 6.45) is -8.07. The third kappa shape index (κ3) is 13.3. The smallest absolute Gasteiger partial charge is 0.338 e. The van der Waals surface area contributed by atoms with Crippen molar-refractivity contribution in [2.75, 3.05) is 27.8 Å². The van der Waals surface area contributed by atoms with Gasteiger partial charge in [-0.3, -0.25) is 4.79 Å². The van der Waals surface area contributed by atoms with Gasteiger partial charge in [-0.1, -0.05) is 75.3 Å². The lowest BCUT2D eigenvalue weighted by atomic mass is 9.73. The van der Waals surface area contributed by atoms with Crippen molar-refractivity contribution >= 4 is 23.6 Å². The largest absolute Gasteiger partial charge is 0.459 e. The zero-order valence-corrected chi connectivity index (χ0v) is 43.9. The first-order valence-corrected chi connectivity index (χ1v) is 24.9. The molecule has 17 heteroatoms. The molecule has 3 aliphatic rings. The molecule has 3 saturated heterocycles. The fourth-order valence-corrected chi connectivity index (χ4v) is 10.8. The Morgan fingerprint density at radius 3 is 1.97 bits per heavy atom. The van der Waals surface area contributed by atoms with Gasteiger partial charge in [-0.05, 0) is 99.2 Å². The Bertz CT molecular complexity index is 2090. The number of benzene rings is 2. The molecule has 2 aromatic carbocycles. The highest BCUT2D eigenvalue weighted by Crippen LogP contribution is 2.43. The summed E-state index contributed by atoms with van der Waals surface area (Å²) in [6, 6.07) is 16.8. The first-order valence-electron chi connectivity index (χ1n) is 24.9. The summed E-state index contributed by atoms with van der Waals surface area (Å²) in [7, 11) is 5.29. The Morgan fingerprint density at radius 2 is 1.44 bits per heavy atom. The lowest BCUT2D eigenvalue weighted by Crippen LogP contribution is -2.62. The molecule has 0 aliphatic carbocycles. The van der Waals surface area contributed by atoms with Crippen LogP contribution in [0.4, 0.5) is 0 Å². The van der Waals surface area contributed by atoms with E-state index in [1.165, 1.54) is 14.0 Å². The molecule has 3 heterocycles. The van der Waals surface area contributed by atoms with Crippen molar-refractivity contribution in [3.8, 4) is 0 Å². The van der Waals surface area contributed by atoms with Crippen LogP contribution in [0.1, 0.15) is 116 Å². The lowest BCUT2D eigenvalue weighted by Gasteiger charge is -2.50. The SMILES string of the molecule is C=CCO[C@]1(C)C[C@@H](C)/C(=N\O)[C@H](C)[C@@H](O)[C@](C)(O)[C@@H](CC)OC(=O)[C@H](C)[C@@H](O[C@H]2C[C@@](C)(OC)[C@@H](OC(=O)c3ccccc3)[C@H](C)O2)[C@H](C)[C@H]1O[C@@H]1O[C@H](C)C[C@H](N(C)C)[C@H]1OC(=O)c1ccccc1. The highest BCUT2D eigenvalue weighted by molar-refractivity contribution is 5.90. The third-order valence-corrected chi connectivity index (χ3v) is 14.9. The Hall–Kier alpha value is -4.30. The normalized spacial score (nSPS) is 39.2. The number of cyclic esters (lactones) is 1. The van der Waals surface area contributed by atoms with E-state index in [2.05, 4.69) is 11.7 Å². The number of aliphatic hydroxyl groups excluding tert-OH is 1. The van der Waals surface area contributed by atoms with Gasteiger partial charge in [0.25, 0.3) is 0 Å². The molecule has 0 unspecified atom stereocenters. The van der Waals surface area contributed by atoms with E-state index in [-0.39, 0.29) is 43.7 Å². The van der Waals surface area contributed by atoms with Crippen molar-refractivity contribution in [3.63, 3.8) is 0 Å². The Kier molecular flexibility index (Phi) is 20.0. The fraction of sp³-hybridized carbons (Fsp3) is 0.667. The third-order valence-electron chi connectivity index (χ3n) is 14.9. The summed E-state index contributed by atoms with van der Waals surface area (Å²) >= 11 is 0. The number of likely N-dealkylation sites (N-methyl/N-ethyl adjacent to an activating group) is 1. The molecule has 3 N–H and O–H groups in total. The molecule has 0 aromatic heterocycles. The minimum Gasteiger partial charge on any atom is -0.459 e. The quantitative estimate of drug-likeness (QED) is 0.0573. The van der Waals surface area contributed by atoms with Crippen molar-refractivity contribution in [2.45, 2.75) is 179 Å². The van der Waals surface area contributed by atoms with E-state index < -0.39 is 114 Å². The Labute approximate surface area is 420 Å². The number of rotatable bonds is 14. The number of hydrogen-bond donors (Lipinski definition) is 3. The van der Waals surface area contributed by atoms with Crippen molar-refractivity contribution in [3.05, 3.63) is 84.4 Å². The Morgan fingerprint density at radius 1 is 0.845 bits per heavy atom. The molecular weight excluding hydrogens is 917 g/mol. The number of ether oxygens (including phenoxy) is 9. The van der Waals surface area contributed by atoms with Gasteiger partial charge in [0.1, 0.15) is 17.3 Å². The van der Waals surface area contributed by atoms with Crippen LogP contribution in [0.3, 0.4) is 0 Å². The summed E-state index contributed by atoms with van der Waals surface area (Å²) in [5.41, 5.74) is -3.74. The van der Waals surface area contributed by atoms with Crippen LogP contribution >= 0.6 is 0 Å². The molecule has 396 valence electrons. The van der Waals surface area contributed by atoms with Gasteiger partial charge >= 0.3 is 17.9 Å². The van der Waals surface area contributed by atoms with E-state index in [0.29, 0.717) is 17.5 Å². The fourth-order valence-electron chi connectivity index (χ4n) is 10.8. The van der Waals surface area contributed by atoms with E-state index in [1.807, 2.05) is 46.7 Å². The summed E-state index contributed by atoms with van der Waals surface area (Å²) in [5.74, 6) is -5.48. The predicted molar refractivity (Wildman–Crippen MR) is 264 cm³/mol. The highest BCUT2D eigenvalue weighted by atomic mass is 16.7. The summed E-state index contributed by atoms with van der Waals surface area (Å²) in [4.78, 5) is 44.1. The van der Waals surface area contributed by atoms with Crippen molar-refractivity contribution in [1.29, 1.82) is 0 Å². The van der Waals surface area contributed by atoms with Crippen LogP contribution in [0.2, 0.25) is 0 Å². The zero-order valence-electron chi connectivity index (χ0n) is 43.9. The van der Waals surface area contributed by atoms with Gasteiger partial charge in [-0.25, -0.2) is 9.59 Å². The second kappa shape index (κ2) is 24.6. The van der Waals surface area contributed by atoms with Gasteiger partial charge in [0, 0.05) is 31.3 Å². The average molecular weight is 997 g/mol. The van der Waals surface area contributed by atoms with Crippen LogP contribution in [0.15, 0.2) is 78.5 Å². The maximum Gasteiger partial charge on any atom is 0.338 e. The number of esters is 3. The Balaban J connectivity index is 1.68. The van der Waals surface area contributed by atoms with Crippen LogP contribution in [0.25, 0.3) is 0 Å².